The van der Waals surface area contributed by atoms with Crippen molar-refractivity contribution in [2.45, 2.75) is 6.54 Å². The van der Waals surface area contributed by atoms with Crippen molar-refractivity contribution in [2.75, 3.05) is 21.1 Å². The Kier molecular flexibility index (Phi) is 4.85. The summed E-state index contributed by atoms with van der Waals surface area (Å²) in [7, 11) is 4.73. The molecular formula is C10H14ClN5O2. The van der Waals surface area contributed by atoms with Gasteiger partial charge in [0.25, 0.3) is 5.96 Å². The number of rotatable bonds is 3. The van der Waals surface area contributed by atoms with Crippen molar-refractivity contribution in [1.29, 1.82) is 0 Å². The van der Waals surface area contributed by atoms with E-state index in [-0.39, 0.29) is 5.96 Å². The van der Waals surface area contributed by atoms with Crippen LogP contribution in [0.4, 0.5) is 0 Å². The number of hydrogen-bond acceptors (Lipinski definition) is 4. The van der Waals surface area contributed by atoms with E-state index >= 15 is 0 Å². The van der Waals surface area contributed by atoms with Gasteiger partial charge >= 0.3 is 0 Å². The Bertz CT molecular complexity index is 446. The van der Waals surface area contributed by atoms with Crippen molar-refractivity contribution < 1.29 is 5.03 Å². The Balaban J connectivity index is 2.84. The maximum atomic E-state index is 10.7. The highest BCUT2D eigenvalue weighted by Gasteiger charge is 2.17. The minimum absolute atomic E-state index is 0.259. The third-order valence-electron chi connectivity index (χ3n) is 2.13. The first kappa shape index (κ1) is 14.2. The van der Waals surface area contributed by atoms with Crippen LogP contribution in [0.25, 0.3) is 0 Å². The molecule has 0 saturated heterocycles. The number of nitrogens with zero attached hydrogens (tertiary/aromatic N) is 5. The highest BCUT2D eigenvalue weighted by molar-refractivity contribution is 6.29. The topological polar surface area (TPSA) is 74.9 Å². The van der Waals surface area contributed by atoms with E-state index in [1.807, 2.05) is 0 Å². The quantitative estimate of drug-likeness (QED) is 0.272. The molecule has 0 unspecified atom stereocenters. The average molecular weight is 272 g/mol. The molecule has 0 aliphatic rings. The van der Waals surface area contributed by atoms with Crippen LogP contribution in [0.2, 0.25) is 5.15 Å². The highest BCUT2D eigenvalue weighted by Crippen LogP contribution is 2.07. The summed E-state index contributed by atoms with van der Waals surface area (Å²) in [5.74, 6) is 0.259. The van der Waals surface area contributed by atoms with Crippen LogP contribution in [-0.2, 0) is 6.54 Å². The summed E-state index contributed by atoms with van der Waals surface area (Å²) in [6.45, 7) is 0.301. The minimum Gasteiger partial charge on any atom is -0.344 e. The van der Waals surface area contributed by atoms with Crippen LogP contribution in [0.1, 0.15) is 5.56 Å². The van der Waals surface area contributed by atoms with Gasteiger partial charge in [-0.2, -0.15) is 0 Å². The van der Waals surface area contributed by atoms with E-state index in [1.165, 1.54) is 7.05 Å². The number of hydrogen-bond donors (Lipinski definition) is 0. The molecule has 18 heavy (non-hydrogen) atoms. The average Bonchev–Trinajstić information content (AvgIpc) is 2.31. The van der Waals surface area contributed by atoms with Crippen molar-refractivity contribution in [3.05, 3.63) is 39.2 Å². The third kappa shape index (κ3) is 3.85. The second-order valence-electron chi connectivity index (χ2n) is 3.76. The lowest BCUT2D eigenvalue weighted by molar-refractivity contribution is -0.624. The Morgan fingerprint density at radius 1 is 1.50 bits per heavy atom. The van der Waals surface area contributed by atoms with Crippen molar-refractivity contribution in [1.82, 2.24) is 14.9 Å². The lowest BCUT2D eigenvalue weighted by atomic mass is 10.3. The summed E-state index contributed by atoms with van der Waals surface area (Å²) in [5, 5.41) is 11.4. The van der Waals surface area contributed by atoms with Crippen LogP contribution in [-0.4, -0.2) is 47.0 Å². The molecule has 0 aliphatic heterocycles. The highest BCUT2D eigenvalue weighted by atomic mass is 35.5. The van der Waals surface area contributed by atoms with E-state index in [0.29, 0.717) is 11.7 Å². The standard InChI is InChI=1S/C10H14ClN5O2/c1-14(2)10(15(3)16(17)18)13-7-8-4-5-9(11)12-6-8/h4-6H,7H2,1-3H3/b13-10+. The number of aliphatic imine (C=N–C) groups is 1. The first-order valence-corrected chi connectivity index (χ1v) is 5.50. The molecule has 8 heteroatoms. The monoisotopic (exact) mass is 271 g/mol. The molecule has 7 nitrogen and oxygen atoms in total. The molecule has 0 spiro atoms. The van der Waals surface area contributed by atoms with E-state index < -0.39 is 5.03 Å². The van der Waals surface area contributed by atoms with Crippen LogP contribution in [0, 0.1) is 10.1 Å². The van der Waals surface area contributed by atoms with E-state index in [1.54, 1.807) is 37.3 Å². The number of hydrazine groups is 1. The van der Waals surface area contributed by atoms with Crippen molar-refractivity contribution in [3.63, 3.8) is 0 Å². The van der Waals surface area contributed by atoms with E-state index in [0.717, 1.165) is 10.6 Å². The molecule has 0 amide bonds. The Labute approximate surface area is 110 Å². The summed E-state index contributed by atoms with van der Waals surface area (Å²) in [6.07, 6.45) is 1.59. The summed E-state index contributed by atoms with van der Waals surface area (Å²) in [6, 6.07) is 3.43. The van der Waals surface area contributed by atoms with Crippen molar-refractivity contribution in [3.8, 4) is 0 Å². The lowest BCUT2D eigenvalue weighted by Gasteiger charge is -2.18. The zero-order valence-corrected chi connectivity index (χ0v) is 11.1. The fourth-order valence-electron chi connectivity index (χ4n) is 1.27. The molecule has 0 saturated carbocycles. The van der Waals surface area contributed by atoms with Crippen LogP contribution in [0.5, 0.6) is 0 Å². The van der Waals surface area contributed by atoms with Gasteiger partial charge in [-0.1, -0.05) is 22.7 Å². The third-order valence-corrected chi connectivity index (χ3v) is 2.35. The van der Waals surface area contributed by atoms with Crippen molar-refractivity contribution in [2.24, 2.45) is 4.99 Å². The van der Waals surface area contributed by atoms with Crippen LogP contribution in [0.3, 0.4) is 0 Å². The summed E-state index contributed by atoms with van der Waals surface area (Å²) in [4.78, 5) is 20.4. The van der Waals surface area contributed by atoms with Gasteiger partial charge in [0.05, 0.1) is 13.6 Å². The van der Waals surface area contributed by atoms with Gasteiger partial charge < -0.3 is 4.90 Å². The molecule has 0 fully saturated rings. The van der Waals surface area contributed by atoms with Gasteiger partial charge in [-0.15, -0.1) is 0 Å². The van der Waals surface area contributed by atoms with Gasteiger partial charge in [0.15, 0.2) is 5.03 Å². The second kappa shape index (κ2) is 6.15. The maximum Gasteiger partial charge on any atom is 0.259 e. The first-order chi connectivity index (χ1) is 8.41. The molecule has 0 bridgehead atoms. The molecule has 98 valence electrons. The molecule has 1 heterocycles. The number of pyridine rings is 1. The largest absolute Gasteiger partial charge is 0.344 e. The molecule has 1 aromatic heterocycles. The summed E-state index contributed by atoms with van der Waals surface area (Å²) in [5.41, 5.74) is 0.829. The predicted octanol–water partition coefficient (Wildman–Crippen LogP) is 1.28. The van der Waals surface area contributed by atoms with Gasteiger partial charge in [-0.3, -0.25) is 0 Å². The predicted molar refractivity (Wildman–Crippen MR) is 68.8 cm³/mol. The fourth-order valence-corrected chi connectivity index (χ4v) is 1.38. The molecule has 0 radical (unpaired) electrons. The second-order valence-corrected chi connectivity index (χ2v) is 4.15. The summed E-state index contributed by atoms with van der Waals surface area (Å²) < 4.78 is 0. The van der Waals surface area contributed by atoms with Gasteiger partial charge in [0, 0.05) is 20.3 Å². The molecule has 0 atom stereocenters. The number of nitro groups is 1. The lowest BCUT2D eigenvalue weighted by Crippen LogP contribution is -2.41. The number of aromatic nitrogens is 1. The molecule has 0 aromatic carbocycles. The first-order valence-electron chi connectivity index (χ1n) is 5.12. The van der Waals surface area contributed by atoms with E-state index in [4.69, 9.17) is 11.6 Å². The zero-order chi connectivity index (χ0) is 13.7. The van der Waals surface area contributed by atoms with Gasteiger partial charge in [0.1, 0.15) is 5.15 Å². The minimum atomic E-state index is -0.529. The smallest absolute Gasteiger partial charge is 0.259 e. The zero-order valence-electron chi connectivity index (χ0n) is 10.4. The van der Waals surface area contributed by atoms with Crippen molar-refractivity contribution >= 4 is 17.6 Å². The summed E-state index contributed by atoms with van der Waals surface area (Å²) >= 11 is 5.66. The van der Waals surface area contributed by atoms with Crippen LogP contribution < -0.4 is 0 Å². The fraction of sp³-hybridized carbons (Fsp3) is 0.400. The number of guanidine groups is 1. The van der Waals surface area contributed by atoms with E-state index in [2.05, 4.69) is 9.98 Å². The Morgan fingerprint density at radius 2 is 2.17 bits per heavy atom. The maximum absolute atomic E-state index is 10.7. The van der Waals surface area contributed by atoms with Gasteiger partial charge in [0.2, 0.25) is 0 Å². The van der Waals surface area contributed by atoms with Gasteiger partial charge in [-0.25, -0.2) is 20.1 Å². The molecule has 0 N–H and O–H groups in total. The SMILES string of the molecule is CN(C)/C(=N\Cc1ccc(Cl)nc1)N(C)[N+](=O)[O-]. The normalized spacial score (nSPS) is 11.2. The molecular weight excluding hydrogens is 258 g/mol. The molecule has 1 rings (SSSR count). The Hall–Kier alpha value is -1.89. The van der Waals surface area contributed by atoms with E-state index in [9.17, 15) is 10.1 Å². The van der Waals surface area contributed by atoms with Crippen LogP contribution >= 0.6 is 11.6 Å². The Morgan fingerprint density at radius 3 is 2.61 bits per heavy atom. The van der Waals surface area contributed by atoms with Crippen LogP contribution in [0.15, 0.2) is 23.3 Å². The van der Waals surface area contributed by atoms with Gasteiger partial charge in [-0.05, 0) is 11.6 Å². The molecule has 1 aromatic rings. The molecule has 0 aliphatic carbocycles. The number of halogens is 1.